The number of nitrogens with zero attached hydrogens (tertiary/aromatic N) is 3. The molecule has 1 aliphatic rings. The molecule has 0 atom stereocenters. The Labute approximate surface area is 198 Å². The molecule has 0 bridgehead atoms. The normalized spacial score (nSPS) is 12.3. The molecule has 178 valence electrons. The van der Waals surface area contributed by atoms with Crippen LogP contribution in [0.3, 0.4) is 0 Å². The van der Waals surface area contributed by atoms with E-state index < -0.39 is 17.5 Å². The van der Waals surface area contributed by atoms with Gasteiger partial charge in [0.25, 0.3) is 5.91 Å². The quantitative estimate of drug-likeness (QED) is 0.438. The summed E-state index contributed by atoms with van der Waals surface area (Å²) in [4.78, 5) is 38.0. The second-order valence-electron chi connectivity index (χ2n) is 7.68. The van der Waals surface area contributed by atoms with Crippen molar-refractivity contribution >= 4 is 28.8 Å². The van der Waals surface area contributed by atoms with E-state index in [-0.39, 0.29) is 12.1 Å². The van der Waals surface area contributed by atoms with Crippen LogP contribution in [0, 0.1) is 0 Å². The van der Waals surface area contributed by atoms with Crippen molar-refractivity contribution in [3.63, 3.8) is 0 Å². The Bertz CT molecular complexity index is 1470. The average Bonchev–Trinajstić information content (AvgIpc) is 3.18. The Kier molecular flexibility index (Phi) is 5.80. The van der Waals surface area contributed by atoms with Gasteiger partial charge in [0.2, 0.25) is 5.91 Å². The van der Waals surface area contributed by atoms with Crippen LogP contribution >= 0.6 is 0 Å². The molecule has 0 aliphatic carbocycles. The minimum absolute atomic E-state index is 0.260. The molecule has 0 saturated carbocycles. The van der Waals surface area contributed by atoms with Crippen LogP contribution in [0.2, 0.25) is 0 Å². The third kappa shape index (κ3) is 4.64. The van der Waals surface area contributed by atoms with Crippen molar-refractivity contribution in [3.05, 3.63) is 76.8 Å². The van der Waals surface area contributed by atoms with Crippen LogP contribution in [0.1, 0.15) is 10.4 Å². The van der Waals surface area contributed by atoms with Gasteiger partial charge in [0.15, 0.2) is 17.1 Å². The first-order valence-corrected chi connectivity index (χ1v) is 10.7. The summed E-state index contributed by atoms with van der Waals surface area (Å²) in [7, 11) is 1.56. The van der Waals surface area contributed by atoms with Crippen LogP contribution in [0.5, 0.6) is 17.2 Å². The van der Waals surface area contributed by atoms with E-state index in [2.05, 4.69) is 15.7 Å². The molecule has 11 nitrogen and oxygen atoms in total. The van der Waals surface area contributed by atoms with Gasteiger partial charge in [-0.1, -0.05) is 0 Å². The number of hydrogen-bond donors (Lipinski definition) is 2. The third-order valence-corrected chi connectivity index (χ3v) is 5.31. The molecule has 0 spiro atoms. The smallest absolute Gasteiger partial charge is 0.350 e. The molecule has 11 heteroatoms. The number of hydrogen-bond acceptors (Lipinski definition) is 7. The minimum Gasteiger partial charge on any atom is -0.497 e. The highest BCUT2D eigenvalue weighted by Crippen LogP contribution is 2.32. The Hall–Kier alpha value is -4.80. The summed E-state index contributed by atoms with van der Waals surface area (Å²) in [6.45, 7) is 0.601. The lowest BCUT2D eigenvalue weighted by Crippen LogP contribution is -2.28. The Morgan fingerprint density at radius 2 is 1.71 bits per heavy atom. The Balaban J connectivity index is 1.29. The molecule has 2 amide bonds. The highest BCUT2D eigenvalue weighted by molar-refractivity contribution is 6.04. The van der Waals surface area contributed by atoms with Crippen LogP contribution < -0.4 is 30.5 Å². The fraction of sp³-hybridized carbons (Fsp3) is 0.167. The van der Waals surface area contributed by atoms with Gasteiger partial charge in [-0.25, -0.2) is 13.9 Å². The lowest BCUT2D eigenvalue weighted by molar-refractivity contribution is -0.117. The van der Waals surface area contributed by atoms with E-state index in [1.54, 1.807) is 61.7 Å². The van der Waals surface area contributed by atoms with Crippen LogP contribution in [-0.2, 0) is 11.3 Å². The summed E-state index contributed by atoms with van der Waals surface area (Å²) >= 11 is 0. The first-order chi connectivity index (χ1) is 17.0. The first kappa shape index (κ1) is 22.0. The number of fused-ring (bicyclic) bond motifs is 2. The lowest BCUT2D eigenvalue weighted by atomic mass is 10.2. The van der Waals surface area contributed by atoms with E-state index in [9.17, 15) is 14.4 Å². The molecule has 3 heterocycles. The third-order valence-electron chi connectivity index (χ3n) is 5.31. The van der Waals surface area contributed by atoms with Gasteiger partial charge in [-0.2, -0.15) is 0 Å². The number of carbonyl (C=O) groups excluding carboxylic acids is 2. The van der Waals surface area contributed by atoms with Crippen molar-refractivity contribution in [1.29, 1.82) is 0 Å². The van der Waals surface area contributed by atoms with E-state index in [1.165, 1.54) is 10.6 Å². The summed E-state index contributed by atoms with van der Waals surface area (Å²) in [6, 6.07) is 15.0. The van der Waals surface area contributed by atoms with Crippen LogP contribution in [0.25, 0.3) is 5.65 Å². The molecule has 1 aliphatic heterocycles. The fourth-order valence-corrected chi connectivity index (χ4v) is 3.59. The minimum atomic E-state index is -0.545. The van der Waals surface area contributed by atoms with Crippen molar-refractivity contribution < 1.29 is 23.8 Å². The Morgan fingerprint density at radius 1 is 0.971 bits per heavy atom. The number of carbonyl (C=O) groups is 2. The number of amides is 2. The number of ether oxygens (including phenoxy) is 3. The summed E-state index contributed by atoms with van der Waals surface area (Å²) < 4.78 is 18.3. The van der Waals surface area contributed by atoms with E-state index in [4.69, 9.17) is 14.2 Å². The second kappa shape index (κ2) is 9.21. The number of nitrogens with one attached hydrogen (secondary N) is 2. The number of aromatic nitrogens is 3. The maximum absolute atomic E-state index is 12.8. The molecule has 0 fully saturated rings. The lowest BCUT2D eigenvalue weighted by Gasteiger charge is -2.18. The van der Waals surface area contributed by atoms with Crippen molar-refractivity contribution in [3.8, 4) is 17.2 Å². The molecule has 2 N–H and O–H groups in total. The van der Waals surface area contributed by atoms with Gasteiger partial charge >= 0.3 is 5.69 Å². The molecule has 2 aromatic heterocycles. The zero-order valence-corrected chi connectivity index (χ0v) is 18.7. The molecule has 0 radical (unpaired) electrons. The van der Waals surface area contributed by atoms with E-state index >= 15 is 0 Å². The maximum Gasteiger partial charge on any atom is 0.350 e. The molecule has 4 aromatic rings. The predicted molar refractivity (Wildman–Crippen MR) is 126 cm³/mol. The highest BCUT2D eigenvalue weighted by Gasteiger charge is 2.16. The zero-order valence-electron chi connectivity index (χ0n) is 18.7. The van der Waals surface area contributed by atoms with Gasteiger partial charge in [-0.05, 0) is 48.5 Å². The van der Waals surface area contributed by atoms with Gasteiger partial charge in [0.1, 0.15) is 25.5 Å². The van der Waals surface area contributed by atoms with E-state index in [0.717, 1.165) is 4.68 Å². The van der Waals surface area contributed by atoms with Crippen molar-refractivity contribution in [1.82, 2.24) is 14.2 Å². The summed E-state index contributed by atoms with van der Waals surface area (Å²) in [5.41, 5.74) is 1.11. The predicted octanol–water partition coefficient (Wildman–Crippen LogP) is 2.17. The van der Waals surface area contributed by atoms with Crippen molar-refractivity contribution in [2.45, 2.75) is 6.54 Å². The molecule has 2 aromatic carbocycles. The second-order valence-corrected chi connectivity index (χ2v) is 7.68. The van der Waals surface area contributed by atoms with Gasteiger partial charge < -0.3 is 24.8 Å². The molecule has 35 heavy (non-hydrogen) atoms. The van der Waals surface area contributed by atoms with E-state index in [1.807, 2.05) is 0 Å². The fourth-order valence-electron chi connectivity index (χ4n) is 3.59. The Morgan fingerprint density at radius 3 is 2.49 bits per heavy atom. The topological polar surface area (TPSA) is 125 Å². The van der Waals surface area contributed by atoms with Gasteiger partial charge in [0.05, 0.1) is 12.7 Å². The first-order valence-electron chi connectivity index (χ1n) is 10.7. The number of benzene rings is 2. The highest BCUT2D eigenvalue weighted by atomic mass is 16.6. The van der Waals surface area contributed by atoms with Gasteiger partial charge in [0, 0.05) is 23.6 Å². The SMILES string of the molecule is COc1ccc(NC(=O)c2ccc3nn(CC(=O)Nc4ccc5c(c4)OCCO5)c(=O)n3c2)cc1. The van der Waals surface area contributed by atoms with Gasteiger partial charge in [-0.15, -0.1) is 5.10 Å². The standard InChI is InChI=1S/C24H21N5O6/c1-33-18-6-3-16(4-7-18)26-23(31)15-2-9-21-27-29(24(32)28(21)13-15)14-22(30)25-17-5-8-19-20(12-17)35-11-10-34-19/h2-9,12-13H,10-11,14H2,1H3,(H,25,30)(H,26,31). The van der Waals surface area contributed by atoms with Crippen molar-refractivity contribution in [2.75, 3.05) is 31.0 Å². The zero-order chi connectivity index (χ0) is 24.4. The molecule has 5 rings (SSSR count). The average molecular weight is 475 g/mol. The van der Waals surface area contributed by atoms with E-state index in [0.29, 0.717) is 47.5 Å². The molecular formula is C24H21N5O6. The number of methoxy groups -OCH3 is 1. The molecular weight excluding hydrogens is 454 g/mol. The van der Waals surface area contributed by atoms with Crippen LogP contribution in [-0.4, -0.2) is 46.3 Å². The molecule has 0 unspecified atom stereocenters. The van der Waals surface area contributed by atoms with Gasteiger partial charge in [-0.3, -0.25) is 9.59 Å². The summed E-state index contributed by atoms with van der Waals surface area (Å²) in [6.07, 6.45) is 1.39. The molecule has 0 saturated heterocycles. The maximum atomic E-state index is 12.8. The summed E-state index contributed by atoms with van der Waals surface area (Å²) in [5, 5.41) is 9.67. The van der Waals surface area contributed by atoms with Crippen LogP contribution in [0.4, 0.5) is 11.4 Å². The number of rotatable bonds is 6. The van der Waals surface area contributed by atoms with Crippen LogP contribution in [0.15, 0.2) is 65.6 Å². The van der Waals surface area contributed by atoms with Crippen molar-refractivity contribution in [2.24, 2.45) is 0 Å². The number of pyridine rings is 1. The summed E-state index contributed by atoms with van der Waals surface area (Å²) in [5.74, 6) is 0.983. The largest absolute Gasteiger partial charge is 0.497 e. The monoisotopic (exact) mass is 475 g/mol. The number of anilines is 2.